The number of benzene rings is 1. The first kappa shape index (κ1) is 9.34. The van der Waals surface area contributed by atoms with Crippen molar-refractivity contribution in [3.8, 4) is 0 Å². The number of hydrogen-bond donors (Lipinski definition) is 1. The van der Waals surface area contributed by atoms with Gasteiger partial charge in [0.05, 0.1) is 0 Å². The maximum atomic E-state index is 14.2. The van der Waals surface area contributed by atoms with Crippen LogP contribution in [-0.2, 0) is 0 Å². The molecule has 3 rings (SSSR count). The maximum Gasteiger partial charge on any atom is 0.117 e. The summed E-state index contributed by atoms with van der Waals surface area (Å²) in [6.45, 7) is 0. The van der Waals surface area contributed by atoms with Crippen molar-refractivity contribution in [1.29, 1.82) is 0 Å². The molecule has 0 spiro atoms. The molecule has 0 aliphatic heterocycles. The van der Waals surface area contributed by atoms with Gasteiger partial charge in [0.2, 0.25) is 0 Å². The summed E-state index contributed by atoms with van der Waals surface area (Å²) >= 11 is 0. The molecule has 0 amide bonds. The van der Waals surface area contributed by atoms with Crippen LogP contribution in [-0.4, -0.2) is 11.7 Å². The van der Waals surface area contributed by atoms with E-state index in [0.29, 0.717) is 18.8 Å². The second kappa shape index (κ2) is 3.05. The van der Waals surface area contributed by atoms with Crippen LogP contribution in [0.2, 0.25) is 0 Å². The Morgan fingerprint density at radius 3 is 2.47 bits per heavy atom. The van der Waals surface area contributed by atoms with Crippen molar-refractivity contribution < 1.29 is 4.39 Å². The Hall–Kier alpha value is -0.890. The van der Waals surface area contributed by atoms with Gasteiger partial charge in [-0.25, -0.2) is 4.39 Å². The van der Waals surface area contributed by atoms with Gasteiger partial charge in [0.25, 0.3) is 0 Å². The first-order valence-electron chi connectivity index (χ1n) is 5.68. The van der Waals surface area contributed by atoms with Gasteiger partial charge in [-0.2, -0.15) is 0 Å². The molecule has 0 bridgehead atoms. The highest BCUT2D eigenvalue weighted by Gasteiger charge is 2.59. The second-order valence-electron chi connectivity index (χ2n) is 5.06. The molecular formula is C13H16FN. The Morgan fingerprint density at radius 2 is 1.87 bits per heavy atom. The first-order chi connectivity index (χ1) is 7.19. The lowest BCUT2D eigenvalue weighted by Gasteiger charge is -2.40. The van der Waals surface area contributed by atoms with Crippen molar-refractivity contribution in [1.82, 2.24) is 0 Å². The van der Waals surface area contributed by atoms with Gasteiger partial charge >= 0.3 is 0 Å². The summed E-state index contributed by atoms with van der Waals surface area (Å²) in [5.74, 6) is 0.684. The van der Waals surface area contributed by atoms with Gasteiger partial charge < -0.3 is 5.73 Å². The Balaban J connectivity index is 1.70. The SMILES string of the molecule is NC1CC(F)(C2CC2c2ccccc2)C1. The predicted octanol–water partition coefficient (Wildman–Crippen LogP) is 2.62. The summed E-state index contributed by atoms with van der Waals surface area (Å²) in [5, 5.41) is 0. The van der Waals surface area contributed by atoms with E-state index in [-0.39, 0.29) is 12.0 Å². The summed E-state index contributed by atoms with van der Waals surface area (Å²) in [6.07, 6.45) is 2.15. The van der Waals surface area contributed by atoms with E-state index in [9.17, 15) is 4.39 Å². The summed E-state index contributed by atoms with van der Waals surface area (Å²) in [4.78, 5) is 0. The molecule has 2 aliphatic carbocycles. The number of nitrogens with two attached hydrogens (primary N) is 1. The Labute approximate surface area is 89.5 Å². The summed E-state index contributed by atoms with van der Waals surface area (Å²) < 4.78 is 14.2. The van der Waals surface area contributed by atoms with Crippen LogP contribution in [0.4, 0.5) is 4.39 Å². The minimum absolute atomic E-state index is 0.104. The third-order valence-corrected chi connectivity index (χ3v) is 3.89. The van der Waals surface area contributed by atoms with Gasteiger partial charge in [0.1, 0.15) is 5.67 Å². The highest BCUT2D eigenvalue weighted by molar-refractivity contribution is 5.29. The molecule has 2 atom stereocenters. The van der Waals surface area contributed by atoms with Crippen molar-refractivity contribution in [3.05, 3.63) is 35.9 Å². The Kier molecular flexibility index (Phi) is 1.90. The van der Waals surface area contributed by atoms with E-state index < -0.39 is 5.67 Å². The van der Waals surface area contributed by atoms with Crippen molar-refractivity contribution in [3.63, 3.8) is 0 Å². The lowest BCUT2D eigenvalue weighted by Crippen LogP contribution is -2.50. The molecule has 2 unspecified atom stereocenters. The molecule has 1 aromatic carbocycles. The summed E-state index contributed by atoms with van der Waals surface area (Å²) in [5.41, 5.74) is 6.01. The van der Waals surface area contributed by atoms with Gasteiger partial charge in [0, 0.05) is 12.0 Å². The van der Waals surface area contributed by atoms with Crippen LogP contribution in [0.1, 0.15) is 30.7 Å². The zero-order valence-corrected chi connectivity index (χ0v) is 8.70. The number of rotatable bonds is 2. The van der Waals surface area contributed by atoms with Crippen molar-refractivity contribution in [2.45, 2.75) is 36.9 Å². The van der Waals surface area contributed by atoms with E-state index in [0.717, 1.165) is 6.42 Å². The number of hydrogen-bond acceptors (Lipinski definition) is 1. The molecule has 0 saturated heterocycles. The minimum Gasteiger partial charge on any atom is -0.327 e. The quantitative estimate of drug-likeness (QED) is 0.789. The first-order valence-corrected chi connectivity index (χ1v) is 5.68. The largest absolute Gasteiger partial charge is 0.327 e. The standard InChI is InChI=1S/C13H16FN/c14-13(7-10(15)8-13)12-6-11(12)9-4-2-1-3-5-9/h1-5,10-12H,6-8,15H2. The van der Waals surface area contributed by atoms with Crippen LogP contribution in [0.3, 0.4) is 0 Å². The normalized spacial score (nSPS) is 43.5. The molecule has 2 saturated carbocycles. The molecular weight excluding hydrogens is 189 g/mol. The predicted molar refractivity (Wildman–Crippen MR) is 58.3 cm³/mol. The fraction of sp³-hybridized carbons (Fsp3) is 0.538. The monoisotopic (exact) mass is 205 g/mol. The van der Waals surface area contributed by atoms with E-state index >= 15 is 0 Å². The zero-order valence-electron chi connectivity index (χ0n) is 8.70. The molecule has 0 aromatic heterocycles. The molecule has 0 heterocycles. The fourth-order valence-electron chi connectivity index (χ4n) is 2.95. The van der Waals surface area contributed by atoms with Gasteiger partial charge in [0.15, 0.2) is 0 Å². The van der Waals surface area contributed by atoms with E-state index in [2.05, 4.69) is 12.1 Å². The average molecular weight is 205 g/mol. The number of halogens is 1. The molecule has 2 aliphatic rings. The van der Waals surface area contributed by atoms with Crippen LogP contribution < -0.4 is 5.73 Å². The molecule has 0 radical (unpaired) electrons. The fourth-order valence-corrected chi connectivity index (χ4v) is 2.95. The Bertz CT molecular complexity index is 356. The lowest BCUT2D eigenvalue weighted by atomic mass is 9.73. The smallest absolute Gasteiger partial charge is 0.117 e. The molecule has 1 nitrogen and oxygen atoms in total. The molecule has 2 fully saturated rings. The second-order valence-corrected chi connectivity index (χ2v) is 5.06. The van der Waals surface area contributed by atoms with Crippen LogP contribution in [0.15, 0.2) is 30.3 Å². The van der Waals surface area contributed by atoms with Crippen LogP contribution in [0.5, 0.6) is 0 Å². The molecule has 80 valence electrons. The van der Waals surface area contributed by atoms with Gasteiger partial charge in [-0.15, -0.1) is 0 Å². The van der Waals surface area contributed by atoms with E-state index in [1.807, 2.05) is 18.2 Å². The highest BCUT2D eigenvalue weighted by Crippen LogP contribution is 2.60. The summed E-state index contributed by atoms with van der Waals surface area (Å²) in [7, 11) is 0. The van der Waals surface area contributed by atoms with E-state index in [1.54, 1.807) is 0 Å². The van der Waals surface area contributed by atoms with Crippen LogP contribution in [0.25, 0.3) is 0 Å². The third kappa shape index (κ3) is 1.48. The summed E-state index contributed by atoms with van der Waals surface area (Å²) in [6, 6.07) is 10.4. The highest BCUT2D eigenvalue weighted by atomic mass is 19.1. The van der Waals surface area contributed by atoms with Crippen molar-refractivity contribution >= 4 is 0 Å². The third-order valence-electron chi connectivity index (χ3n) is 3.89. The molecule has 2 N–H and O–H groups in total. The van der Waals surface area contributed by atoms with Crippen LogP contribution >= 0.6 is 0 Å². The topological polar surface area (TPSA) is 26.0 Å². The zero-order chi connectivity index (χ0) is 10.5. The number of alkyl halides is 1. The van der Waals surface area contributed by atoms with Gasteiger partial charge in [-0.1, -0.05) is 30.3 Å². The van der Waals surface area contributed by atoms with Crippen molar-refractivity contribution in [2.75, 3.05) is 0 Å². The van der Waals surface area contributed by atoms with Gasteiger partial charge in [-0.3, -0.25) is 0 Å². The van der Waals surface area contributed by atoms with Crippen LogP contribution in [0, 0.1) is 5.92 Å². The van der Waals surface area contributed by atoms with E-state index in [4.69, 9.17) is 5.73 Å². The molecule has 1 aromatic rings. The Morgan fingerprint density at radius 1 is 1.20 bits per heavy atom. The lowest BCUT2D eigenvalue weighted by molar-refractivity contribution is 0.0189. The maximum absolute atomic E-state index is 14.2. The molecule has 15 heavy (non-hydrogen) atoms. The minimum atomic E-state index is -0.945. The molecule has 2 heteroatoms. The van der Waals surface area contributed by atoms with Gasteiger partial charge in [-0.05, 0) is 30.7 Å². The van der Waals surface area contributed by atoms with E-state index in [1.165, 1.54) is 5.56 Å². The average Bonchev–Trinajstić information content (AvgIpc) is 2.97. The van der Waals surface area contributed by atoms with Crippen molar-refractivity contribution in [2.24, 2.45) is 11.7 Å².